The van der Waals surface area contributed by atoms with Gasteiger partial charge in [-0.2, -0.15) is 5.10 Å². The predicted molar refractivity (Wildman–Crippen MR) is 78.4 cm³/mol. The number of aromatic amines is 1. The molecule has 0 radical (unpaired) electrons. The van der Waals surface area contributed by atoms with Crippen LogP contribution in [0, 0.1) is 6.92 Å². The Morgan fingerprint density at radius 1 is 1.50 bits per heavy atom. The molecule has 3 rings (SSSR count). The Morgan fingerprint density at radius 2 is 2.35 bits per heavy atom. The van der Waals surface area contributed by atoms with Gasteiger partial charge in [-0.1, -0.05) is 0 Å². The van der Waals surface area contributed by atoms with Crippen LogP contribution in [-0.4, -0.2) is 25.8 Å². The lowest BCUT2D eigenvalue weighted by molar-refractivity contribution is 0.469. The summed E-state index contributed by atoms with van der Waals surface area (Å²) in [7, 11) is 0. The molecule has 0 spiro atoms. The van der Waals surface area contributed by atoms with Gasteiger partial charge in [0.2, 0.25) is 0 Å². The van der Waals surface area contributed by atoms with E-state index in [0.717, 1.165) is 31.3 Å². The van der Waals surface area contributed by atoms with E-state index < -0.39 is 0 Å². The number of aromatic nitrogens is 4. The predicted octanol–water partition coefficient (Wildman–Crippen LogP) is 2.36. The highest BCUT2D eigenvalue weighted by molar-refractivity contribution is 5.17. The van der Waals surface area contributed by atoms with Crippen LogP contribution in [0.15, 0.2) is 18.5 Å². The van der Waals surface area contributed by atoms with E-state index in [9.17, 15) is 0 Å². The highest BCUT2D eigenvalue weighted by Gasteiger charge is 2.25. The molecule has 1 saturated carbocycles. The first-order valence-electron chi connectivity index (χ1n) is 7.47. The Kier molecular flexibility index (Phi) is 3.87. The van der Waals surface area contributed by atoms with Crippen LogP contribution in [0.3, 0.4) is 0 Å². The molecule has 108 valence electrons. The molecular formula is C15H23N5. The minimum absolute atomic E-state index is 0.476. The van der Waals surface area contributed by atoms with Crippen LogP contribution in [0.4, 0.5) is 0 Å². The lowest BCUT2D eigenvalue weighted by atomic mass is 10.2. The molecule has 1 atom stereocenters. The van der Waals surface area contributed by atoms with Gasteiger partial charge in [0.1, 0.15) is 5.82 Å². The second-order valence-corrected chi connectivity index (χ2v) is 5.83. The van der Waals surface area contributed by atoms with Crippen molar-refractivity contribution in [2.75, 3.05) is 0 Å². The van der Waals surface area contributed by atoms with Crippen molar-refractivity contribution in [2.24, 2.45) is 0 Å². The number of rotatable bonds is 7. The second kappa shape index (κ2) is 5.79. The summed E-state index contributed by atoms with van der Waals surface area (Å²) in [6, 6.07) is 2.68. The first kappa shape index (κ1) is 13.4. The number of hydrogen-bond donors (Lipinski definition) is 2. The van der Waals surface area contributed by atoms with Gasteiger partial charge >= 0.3 is 0 Å². The largest absolute Gasteiger partial charge is 0.335 e. The maximum Gasteiger partial charge on any atom is 0.105 e. The first-order valence-corrected chi connectivity index (χ1v) is 7.47. The van der Waals surface area contributed by atoms with Gasteiger partial charge in [-0.05, 0) is 39.2 Å². The van der Waals surface area contributed by atoms with Gasteiger partial charge in [-0.3, -0.25) is 5.10 Å². The lowest BCUT2D eigenvalue weighted by Gasteiger charge is -2.14. The summed E-state index contributed by atoms with van der Waals surface area (Å²) in [4.78, 5) is 4.24. The van der Waals surface area contributed by atoms with E-state index in [2.05, 4.69) is 38.1 Å². The zero-order valence-corrected chi connectivity index (χ0v) is 12.3. The molecule has 0 amide bonds. The quantitative estimate of drug-likeness (QED) is 0.814. The number of imidazole rings is 1. The minimum Gasteiger partial charge on any atom is -0.335 e. The molecule has 2 aromatic heterocycles. The van der Waals surface area contributed by atoms with Crippen molar-refractivity contribution in [2.45, 2.75) is 58.2 Å². The monoisotopic (exact) mass is 273 g/mol. The number of nitrogens with one attached hydrogen (secondary N) is 2. The Morgan fingerprint density at radius 3 is 3.05 bits per heavy atom. The van der Waals surface area contributed by atoms with Crippen molar-refractivity contribution < 1.29 is 0 Å². The van der Waals surface area contributed by atoms with Gasteiger partial charge < -0.3 is 9.88 Å². The summed E-state index contributed by atoms with van der Waals surface area (Å²) in [5, 5.41) is 11.1. The van der Waals surface area contributed by atoms with Gasteiger partial charge in [0.05, 0.1) is 5.69 Å². The van der Waals surface area contributed by atoms with E-state index in [1.165, 1.54) is 24.2 Å². The molecule has 0 saturated heterocycles. The van der Waals surface area contributed by atoms with Crippen molar-refractivity contribution in [3.63, 3.8) is 0 Å². The van der Waals surface area contributed by atoms with Crippen LogP contribution in [0.25, 0.3) is 0 Å². The number of hydrogen-bond acceptors (Lipinski definition) is 3. The highest BCUT2D eigenvalue weighted by Crippen LogP contribution is 2.38. The zero-order valence-electron chi connectivity index (χ0n) is 12.3. The average Bonchev–Trinajstić information content (AvgIpc) is 3.04. The molecule has 2 N–H and O–H groups in total. The topological polar surface area (TPSA) is 58.5 Å². The maximum atomic E-state index is 4.38. The Balaban J connectivity index is 1.42. The standard InChI is InChI=1S/C15H23N5/c1-11(5-7-20-8-6-16-12(20)2)17-10-14-9-15(19-18-14)13-3-4-13/h6,8-9,11,13,17H,3-5,7,10H2,1-2H3,(H,18,19)/t11-/m1/s1. The lowest BCUT2D eigenvalue weighted by Crippen LogP contribution is -2.27. The summed E-state index contributed by atoms with van der Waals surface area (Å²) in [6.07, 6.45) is 7.61. The van der Waals surface area contributed by atoms with Crippen LogP contribution in [0.5, 0.6) is 0 Å². The van der Waals surface area contributed by atoms with Gasteiger partial charge in [0, 0.05) is 43.1 Å². The molecule has 2 aromatic rings. The van der Waals surface area contributed by atoms with Gasteiger partial charge in [0.15, 0.2) is 0 Å². The smallest absolute Gasteiger partial charge is 0.105 e. The molecule has 2 heterocycles. The molecule has 0 aromatic carbocycles. The van der Waals surface area contributed by atoms with Crippen molar-refractivity contribution in [1.29, 1.82) is 0 Å². The zero-order chi connectivity index (χ0) is 13.9. The minimum atomic E-state index is 0.476. The molecule has 1 aliphatic carbocycles. The van der Waals surface area contributed by atoms with Crippen LogP contribution in [0.2, 0.25) is 0 Å². The second-order valence-electron chi connectivity index (χ2n) is 5.83. The van der Waals surface area contributed by atoms with Crippen molar-refractivity contribution in [3.8, 4) is 0 Å². The molecule has 5 nitrogen and oxygen atoms in total. The van der Waals surface area contributed by atoms with Crippen LogP contribution >= 0.6 is 0 Å². The van der Waals surface area contributed by atoms with Crippen LogP contribution < -0.4 is 5.32 Å². The van der Waals surface area contributed by atoms with Gasteiger partial charge in [-0.25, -0.2) is 4.98 Å². The van der Waals surface area contributed by atoms with E-state index in [1.54, 1.807) is 0 Å². The number of aryl methyl sites for hydroxylation is 2. The fourth-order valence-electron chi connectivity index (χ4n) is 2.42. The fourth-order valence-corrected chi connectivity index (χ4v) is 2.42. The number of H-pyrrole nitrogens is 1. The summed E-state index contributed by atoms with van der Waals surface area (Å²) in [5.74, 6) is 1.81. The van der Waals surface area contributed by atoms with Crippen molar-refractivity contribution in [3.05, 3.63) is 35.7 Å². The summed E-state index contributed by atoms with van der Waals surface area (Å²) >= 11 is 0. The third-order valence-electron chi connectivity index (χ3n) is 4.01. The summed E-state index contributed by atoms with van der Waals surface area (Å²) in [6.45, 7) is 6.15. The molecule has 0 unspecified atom stereocenters. The molecule has 0 aliphatic heterocycles. The van der Waals surface area contributed by atoms with Crippen molar-refractivity contribution >= 4 is 0 Å². The molecular weight excluding hydrogens is 250 g/mol. The third kappa shape index (κ3) is 3.28. The fraction of sp³-hybridized carbons (Fsp3) is 0.600. The summed E-state index contributed by atoms with van der Waals surface area (Å²) < 4.78 is 2.19. The first-order chi connectivity index (χ1) is 9.72. The summed E-state index contributed by atoms with van der Waals surface area (Å²) in [5.41, 5.74) is 2.43. The Hall–Kier alpha value is -1.62. The molecule has 5 heteroatoms. The van der Waals surface area contributed by atoms with E-state index in [-0.39, 0.29) is 0 Å². The van der Waals surface area contributed by atoms with E-state index in [1.807, 2.05) is 19.3 Å². The molecule has 1 aliphatic rings. The SMILES string of the molecule is Cc1nccn1CC[C@@H](C)NCc1cc(C2CC2)n[nH]1. The Bertz CT molecular complexity index is 552. The third-order valence-corrected chi connectivity index (χ3v) is 4.01. The molecule has 20 heavy (non-hydrogen) atoms. The van der Waals surface area contributed by atoms with Crippen LogP contribution in [-0.2, 0) is 13.1 Å². The molecule has 1 fully saturated rings. The normalized spacial score (nSPS) is 16.5. The van der Waals surface area contributed by atoms with Gasteiger partial charge in [0.25, 0.3) is 0 Å². The van der Waals surface area contributed by atoms with Gasteiger partial charge in [-0.15, -0.1) is 0 Å². The van der Waals surface area contributed by atoms with Crippen molar-refractivity contribution in [1.82, 2.24) is 25.1 Å². The van der Waals surface area contributed by atoms with E-state index >= 15 is 0 Å². The van der Waals surface area contributed by atoms with E-state index in [4.69, 9.17) is 0 Å². The highest BCUT2D eigenvalue weighted by atomic mass is 15.1. The molecule has 0 bridgehead atoms. The maximum absolute atomic E-state index is 4.38. The van der Waals surface area contributed by atoms with E-state index in [0.29, 0.717) is 6.04 Å². The number of nitrogens with zero attached hydrogens (tertiary/aromatic N) is 3. The van der Waals surface area contributed by atoms with Crippen LogP contribution in [0.1, 0.15) is 49.3 Å². The Labute approximate surface area is 119 Å². The average molecular weight is 273 g/mol.